The third-order valence-corrected chi connectivity index (χ3v) is 3.14. The molecule has 124 valence electrons. The zero-order valence-corrected chi connectivity index (χ0v) is 13.2. The van der Waals surface area contributed by atoms with Gasteiger partial charge in [-0.1, -0.05) is 0 Å². The van der Waals surface area contributed by atoms with E-state index in [9.17, 15) is 14.0 Å². The van der Waals surface area contributed by atoms with E-state index in [-0.39, 0.29) is 0 Å². The van der Waals surface area contributed by atoms with E-state index in [4.69, 9.17) is 4.74 Å². The molecule has 0 bridgehead atoms. The first kappa shape index (κ1) is 17.1. The Hall–Kier alpha value is -3.22. The van der Waals surface area contributed by atoms with Crippen LogP contribution in [0.5, 0.6) is 5.75 Å². The molecule has 0 saturated carbocycles. The summed E-state index contributed by atoms with van der Waals surface area (Å²) in [4.78, 5) is 23.5. The number of benzene rings is 2. The Balaban J connectivity index is 1.94. The molecule has 0 fully saturated rings. The zero-order valence-electron chi connectivity index (χ0n) is 13.2. The average Bonchev–Trinajstić information content (AvgIpc) is 2.61. The van der Waals surface area contributed by atoms with Crippen molar-refractivity contribution in [2.75, 3.05) is 12.4 Å². The number of hydrogen-bond acceptors (Lipinski definition) is 4. The van der Waals surface area contributed by atoms with Crippen molar-refractivity contribution in [2.45, 2.75) is 6.92 Å². The molecule has 24 heavy (non-hydrogen) atoms. The monoisotopic (exact) mass is 329 g/mol. The van der Waals surface area contributed by atoms with Crippen LogP contribution in [0.4, 0.5) is 10.1 Å². The summed E-state index contributed by atoms with van der Waals surface area (Å²) in [5.74, 6) is -1.55. The van der Waals surface area contributed by atoms with Gasteiger partial charge in [0.1, 0.15) is 11.6 Å². The molecule has 0 atom stereocenters. The Bertz CT molecular complexity index is 756. The molecule has 0 aromatic heterocycles. The molecule has 2 aromatic carbocycles. The van der Waals surface area contributed by atoms with Crippen LogP contribution in [0, 0.1) is 5.82 Å². The third-order valence-electron chi connectivity index (χ3n) is 3.14. The Morgan fingerprint density at radius 2 is 1.62 bits per heavy atom. The predicted octanol–water partition coefficient (Wildman–Crippen LogP) is 2.31. The molecule has 0 saturated heterocycles. The van der Waals surface area contributed by atoms with Crippen molar-refractivity contribution in [3.05, 3.63) is 59.9 Å². The Kier molecular flexibility index (Phi) is 5.62. The van der Waals surface area contributed by atoms with Gasteiger partial charge in [-0.05, 0) is 61.0 Å². The first-order valence-electron chi connectivity index (χ1n) is 7.05. The maximum absolute atomic E-state index is 12.8. The lowest BCUT2D eigenvalue weighted by atomic mass is 10.1. The van der Waals surface area contributed by atoms with Crippen molar-refractivity contribution < 1.29 is 18.7 Å². The molecule has 0 radical (unpaired) electrons. The van der Waals surface area contributed by atoms with E-state index < -0.39 is 17.6 Å². The van der Waals surface area contributed by atoms with Crippen LogP contribution in [-0.4, -0.2) is 24.6 Å². The molecule has 0 heterocycles. The van der Waals surface area contributed by atoms with Gasteiger partial charge in [-0.3, -0.25) is 9.59 Å². The largest absolute Gasteiger partial charge is 0.497 e. The quantitative estimate of drug-likeness (QED) is 0.513. The first-order chi connectivity index (χ1) is 11.5. The number of anilines is 1. The lowest BCUT2D eigenvalue weighted by Crippen LogP contribution is -2.32. The maximum atomic E-state index is 12.8. The number of methoxy groups -OCH3 is 1. The second-order valence-corrected chi connectivity index (χ2v) is 4.83. The topological polar surface area (TPSA) is 79.8 Å². The third kappa shape index (κ3) is 4.64. The van der Waals surface area contributed by atoms with Crippen LogP contribution >= 0.6 is 0 Å². The smallest absolute Gasteiger partial charge is 0.329 e. The number of hydrazone groups is 1. The lowest BCUT2D eigenvalue weighted by molar-refractivity contribution is -0.136. The van der Waals surface area contributed by atoms with Crippen LogP contribution in [-0.2, 0) is 9.59 Å². The average molecular weight is 329 g/mol. The molecule has 0 spiro atoms. The number of rotatable bonds is 4. The summed E-state index contributed by atoms with van der Waals surface area (Å²) in [5, 5.41) is 6.23. The molecule has 0 aliphatic rings. The number of nitrogens with zero attached hydrogens (tertiary/aromatic N) is 1. The standard InChI is InChI=1S/C17H16FN3O3/c1-11(12-3-9-15(24-2)10-4-12)20-21-17(23)16(22)19-14-7-5-13(18)6-8-14/h3-10H,1-2H3,(H,19,22)(H,21,23). The molecule has 7 heteroatoms. The number of carbonyl (C=O) groups excluding carboxylic acids is 2. The van der Waals surface area contributed by atoms with Crippen LogP contribution < -0.4 is 15.5 Å². The molecule has 6 nitrogen and oxygen atoms in total. The Morgan fingerprint density at radius 1 is 1.00 bits per heavy atom. The summed E-state index contributed by atoms with van der Waals surface area (Å²) >= 11 is 0. The highest BCUT2D eigenvalue weighted by Gasteiger charge is 2.13. The van der Waals surface area contributed by atoms with Crippen molar-refractivity contribution in [2.24, 2.45) is 5.10 Å². The van der Waals surface area contributed by atoms with Crippen LogP contribution in [0.3, 0.4) is 0 Å². The minimum Gasteiger partial charge on any atom is -0.497 e. The van der Waals surface area contributed by atoms with Gasteiger partial charge in [0, 0.05) is 5.69 Å². The van der Waals surface area contributed by atoms with Gasteiger partial charge in [0.25, 0.3) is 0 Å². The van der Waals surface area contributed by atoms with Crippen LogP contribution in [0.1, 0.15) is 12.5 Å². The molecular formula is C17H16FN3O3. The fourth-order valence-electron chi connectivity index (χ4n) is 1.80. The van der Waals surface area contributed by atoms with Gasteiger partial charge in [0.05, 0.1) is 12.8 Å². The van der Waals surface area contributed by atoms with Crippen molar-refractivity contribution in [1.82, 2.24) is 5.43 Å². The fraction of sp³-hybridized carbons (Fsp3) is 0.118. The number of hydrogen-bond donors (Lipinski definition) is 2. The molecule has 2 rings (SSSR count). The number of amides is 2. The van der Waals surface area contributed by atoms with E-state index in [2.05, 4.69) is 15.8 Å². The number of nitrogens with one attached hydrogen (secondary N) is 2. The van der Waals surface area contributed by atoms with E-state index >= 15 is 0 Å². The van der Waals surface area contributed by atoms with Crippen molar-refractivity contribution in [3.63, 3.8) is 0 Å². The highest BCUT2D eigenvalue weighted by atomic mass is 19.1. The van der Waals surface area contributed by atoms with Gasteiger partial charge in [0.2, 0.25) is 0 Å². The summed E-state index contributed by atoms with van der Waals surface area (Å²) < 4.78 is 17.8. The molecule has 0 aliphatic heterocycles. The summed E-state index contributed by atoms with van der Waals surface area (Å²) in [6, 6.07) is 12.2. The first-order valence-corrected chi connectivity index (χ1v) is 7.05. The highest BCUT2D eigenvalue weighted by molar-refractivity contribution is 6.39. The second kappa shape index (κ2) is 7.87. The molecule has 2 N–H and O–H groups in total. The van der Waals surface area contributed by atoms with Gasteiger partial charge in [-0.2, -0.15) is 5.10 Å². The predicted molar refractivity (Wildman–Crippen MR) is 88.4 cm³/mol. The summed E-state index contributed by atoms with van der Waals surface area (Å²) in [7, 11) is 1.57. The van der Waals surface area contributed by atoms with Crippen molar-refractivity contribution in [1.29, 1.82) is 0 Å². The van der Waals surface area contributed by atoms with Gasteiger partial charge < -0.3 is 10.1 Å². The number of ether oxygens (including phenoxy) is 1. The highest BCUT2D eigenvalue weighted by Crippen LogP contribution is 2.12. The number of carbonyl (C=O) groups is 2. The SMILES string of the molecule is COc1ccc(C(C)=NNC(=O)C(=O)Nc2ccc(F)cc2)cc1. The van der Waals surface area contributed by atoms with Crippen molar-refractivity contribution >= 4 is 23.2 Å². The molecule has 2 amide bonds. The van der Waals surface area contributed by atoms with Gasteiger partial charge in [-0.25, -0.2) is 9.82 Å². The molecule has 0 unspecified atom stereocenters. The summed E-state index contributed by atoms with van der Waals surface area (Å²) in [6.45, 7) is 1.69. The number of halogens is 1. The van der Waals surface area contributed by atoms with Crippen molar-refractivity contribution in [3.8, 4) is 5.75 Å². The fourth-order valence-corrected chi connectivity index (χ4v) is 1.80. The molecule has 2 aromatic rings. The van der Waals surface area contributed by atoms with Gasteiger partial charge >= 0.3 is 11.8 Å². The second-order valence-electron chi connectivity index (χ2n) is 4.83. The van der Waals surface area contributed by atoms with Crippen LogP contribution in [0.2, 0.25) is 0 Å². The summed E-state index contributed by atoms with van der Waals surface area (Å²) in [5.41, 5.74) is 3.79. The van der Waals surface area contributed by atoms with Gasteiger partial charge in [0.15, 0.2) is 0 Å². The summed E-state index contributed by atoms with van der Waals surface area (Å²) in [6.07, 6.45) is 0. The van der Waals surface area contributed by atoms with E-state index in [1.165, 1.54) is 24.3 Å². The van der Waals surface area contributed by atoms with Crippen LogP contribution in [0.25, 0.3) is 0 Å². The molecule has 0 aliphatic carbocycles. The minimum atomic E-state index is -0.924. The minimum absolute atomic E-state index is 0.312. The van der Waals surface area contributed by atoms with Gasteiger partial charge in [-0.15, -0.1) is 0 Å². The zero-order chi connectivity index (χ0) is 17.5. The van der Waals surface area contributed by atoms with Crippen LogP contribution in [0.15, 0.2) is 53.6 Å². The molecular weight excluding hydrogens is 313 g/mol. The van der Waals surface area contributed by atoms with E-state index in [0.717, 1.165) is 5.56 Å². The van der Waals surface area contributed by atoms with E-state index in [0.29, 0.717) is 17.1 Å². The maximum Gasteiger partial charge on any atom is 0.329 e. The Labute approximate surface area is 138 Å². The Morgan fingerprint density at radius 3 is 2.21 bits per heavy atom. The van der Waals surface area contributed by atoms with E-state index in [1.807, 2.05) is 0 Å². The van der Waals surface area contributed by atoms with E-state index in [1.54, 1.807) is 38.3 Å². The normalized spacial score (nSPS) is 10.9. The lowest BCUT2D eigenvalue weighted by Gasteiger charge is -2.05.